The van der Waals surface area contributed by atoms with Gasteiger partial charge in [0.1, 0.15) is 6.61 Å². The van der Waals surface area contributed by atoms with Crippen molar-refractivity contribution in [2.24, 2.45) is 0 Å². The van der Waals surface area contributed by atoms with Gasteiger partial charge in [-0.3, -0.25) is 4.79 Å². The molecule has 1 aromatic carbocycles. The van der Waals surface area contributed by atoms with Crippen LogP contribution in [-0.2, 0) is 9.53 Å². The molecule has 0 aliphatic heterocycles. The molecule has 0 spiro atoms. The van der Waals surface area contributed by atoms with Gasteiger partial charge in [-0.1, -0.05) is 15.9 Å². The first-order valence-electron chi connectivity index (χ1n) is 3.87. The lowest BCUT2D eigenvalue weighted by Gasteiger charge is -2.06. The smallest absolute Gasteiger partial charge is 0.250 e. The van der Waals surface area contributed by atoms with Gasteiger partial charge in [-0.15, -0.1) is 0 Å². The van der Waals surface area contributed by atoms with Crippen LogP contribution in [-0.4, -0.2) is 19.6 Å². The maximum absolute atomic E-state index is 11.2. The molecule has 0 fully saturated rings. The summed E-state index contributed by atoms with van der Waals surface area (Å²) in [6, 6.07) is 5.70. The summed E-state index contributed by atoms with van der Waals surface area (Å²) in [4.78, 5) is 11.2. The molecule has 14 heavy (non-hydrogen) atoms. The van der Waals surface area contributed by atoms with Gasteiger partial charge < -0.3 is 10.1 Å². The lowest BCUT2D eigenvalue weighted by atomic mass is 10.3. The van der Waals surface area contributed by atoms with Gasteiger partial charge in [0.15, 0.2) is 0 Å². The summed E-state index contributed by atoms with van der Waals surface area (Å²) in [5.41, 5.74) is 0.794. The molecule has 0 radical (unpaired) electrons. The molecule has 0 bridgehead atoms. The Morgan fingerprint density at radius 3 is 3.00 bits per heavy atom. The van der Waals surface area contributed by atoms with E-state index in [0.717, 1.165) is 13.7 Å². The standard InChI is InChI=1S/C9H9BrINO2/c1-14-5-9(13)12-8-4-6(10)2-3-7(8)11/h2-4H,5H2,1H3,(H,12,13). The van der Waals surface area contributed by atoms with Crippen LogP contribution in [0.4, 0.5) is 5.69 Å². The number of hydrogen-bond donors (Lipinski definition) is 1. The number of hydrogen-bond acceptors (Lipinski definition) is 2. The van der Waals surface area contributed by atoms with Crippen LogP contribution < -0.4 is 5.32 Å². The van der Waals surface area contributed by atoms with Crippen molar-refractivity contribution in [3.05, 3.63) is 26.2 Å². The predicted octanol–water partition coefficient (Wildman–Crippen LogP) is 2.64. The van der Waals surface area contributed by atoms with E-state index in [1.807, 2.05) is 18.2 Å². The fourth-order valence-electron chi connectivity index (χ4n) is 0.911. The summed E-state index contributed by atoms with van der Waals surface area (Å²) in [6.07, 6.45) is 0. The largest absolute Gasteiger partial charge is 0.375 e. The molecule has 0 saturated carbocycles. The fraction of sp³-hybridized carbons (Fsp3) is 0.222. The van der Waals surface area contributed by atoms with Crippen molar-refractivity contribution in [3.8, 4) is 0 Å². The first-order valence-corrected chi connectivity index (χ1v) is 5.74. The molecule has 1 rings (SSSR count). The van der Waals surface area contributed by atoms with E-state index in [-0.39, 0.29) is 12.5 Å². The molecule has 0 heterocycles. The fourth-order valence-corrected chi connectivity index (χ4v) is 1.74. The third kappa shape index (κ3) is 3.55. The number of methoxy groups -OCH3 is 1. The minimum Gasteiger partial charge on any atom is -0.375 e. The summed E-state index contributed by atoms with van der Waals surface area (Å²) in [7, 11) is 1.49. The van der Waals surface area contributed by atoms with Gasteiger partial charge in [0, 0.05) is 15.2 Å². The van der Waals surface area contributed by atoms with E-state index >= 15 is 0 Å². The summed E-state index contributed by atoms with van der Waals surface area (Å²) >= 11 is 5.50. The highest BCUT2D eigenvalue weighted by Crippen LogP contribution is 2.22. The van der Waals surface area contributed by atoms with Crippen LogP contribution in [0.5, 0.6) is 0 Å². The zero-order valence-corrected chi connectivity index (χ0v) is 11.3. The second kappa shape index (κ2) is 5.67. The van der Waals surface area contributed by atoms with Gasteiger partial charge in [-0.25, -0.2) is 0 Å². The predicted molar refractivity (Wildman–Crippen MR) is 67.4 cm³/mol. The van der Waals surface area contributed by atoms with Crippen LogP contribution >= 0.6 is 38.5 Å². The van der Waals surface area contributed by atoms with Crippen LogP contribution in [0, 0.1) is 3.57 Å². The van der Waals surface area contributed by atoms with Crippen LogP contribution in [0.1, 0.15) is 0 Å². The van der Waals surface area contributed by atoms with Gasteiger partial charge in [0.05, 0.1) is 5.69 Å². The van der Waals surface area contributed by atoms with E-state index in [1.165, 1.54) is 7.11 Å². The minimum absolute atomic E-state index is 0.0720. The Bertz CT molecular complexity index is 344. The van der Waals surface area contributed by atoms with E-state index in [0.29, 0.717) is 0 Å². The molecule has 0 aliphatic carbocycles. The maximum Gasteiger partial charge on any atom is 0.250 e. The molecule has 0 unspecified atom stereocenters. The van der Waals surface area contributed by atoms with Crippen molar-refractivity contribution in [2.75, 3.05) is 19.0 Å². The zero-order valence-electron chi connectivity index (χ0n) is 7.51. The molecular formula is C9H9BrINO2. The lowest BCUT2D eigenvalue weighted by Crippen LogP contribution is -2.17. The third-order valence-corrected chi connectivity index (χ3v) is 2.91. The number of amides is 1. The highest BCUT2D eigenvalue weighted by atomic mass is 127. The third-order valence-electron chi connectivity index (χ3n) is 1.48. The van der Waals surface area contributed by atoms with E-state index in [1.54, 1.807) is 0 Å². The average Bonchev–Trinajstić information content (AvgIpc) is 2.12. The molecule has 1 amide bonds. The molecule has 0 saturated heterocycles. The summed E-state index contributed by atoms with van der Waals surface area (Å²) < 4.78 is 6.65. The lowest BCUT2D eigenvalue weighted by molar-refractivity contribution is -0.119. The second-order valence-electron chi connectivity index (χ2n) is 2.61. The Labute approximate surface area is 104 Å². The van der Waals surface area contributed by atoms with Crippen molar-refractivity contribution < 1.29 is 9.53 Å². The normalized spacial score (nSPS) is 9.93. The van der Waals surface area contributed by atoms with Crippen LogP contribution in [0.3, 0.4) is 0 Å². The van der Waals surface area contributed by atoms with Crippen molar-refractivity contribution in [1.29, 1.82) is 0 Å². The van der Waals surface area contributed by atoms with Crippen molar-refractivity contribution in [1.82, 2.24) is 0 Å². The molecule has 1 N–H and O–H groups in total. The SMILES string of the molecule is COCC(=O)Nc1cc(Br)ccc1I. The van der Waals surface area contributed by atoms with Crippen LogP contribution in [0.15, 0.2) is 22.7 Å². The van der Waals surface area contributed by atoms with Crippen molar-refractivity contribution >= 4 is 50.1 Å². The van der Waals surface area contributed by atoms with E-state index in [4.69, 9.17) is 4.74 Å². The molecule has 0 aromatic heterocycles. The zero-order chi connectivity index (χ0) is 10.6. The Hall–Kier alpha value is -0.140. The number of rotatable bonds is 3. The number of halogens is 2. The van der Waals surface area contributed by atoms with Crippen molar-refractivity contribution in [2.45, 2.75) is 0 Å². The monoisotopic (exact) mass is 369 g/mol. The molecular weight excluding hydrogens is 361 g/mol. The summed E-state index contributed by atoms with van der Waals surface area (Å²) in [5, 5.41) is 2.75. The highest BCUT2D eigenvalue weighted by Gasteiger charge is 2.04. The van der Waals surface area contributed by atoms with E-state index < -0.39 is 0 Å². The average molecular weight is 370 g/mol. The molecule has 5 heteroatoms. The minimum atomic E-state index is -0.150. The van der Waals surface area contributed by atoms with Gasteiger partial charge in [0.2, 0.25) is 5.91 Å². The van der Waals surface area contributed by atoms with Crippen LogP contribution in [0.2, 0.25) is 0 Å². The topological polar surface area (TPSA) is 38.3 Å². The van der Waals surface area contributed by atoms with Gasteiger partial charge in [-0.05, 0) is 40.8 Å². The maximum atomic E-state index is 11.2. The second-order valence-corrected chi connectivity index (χ2v) is 4.68. The molecule has 1 aromatic rings. The number of carbonyl (C=O) groups is 1. The Morgan fingerprint density at radius 1 is 1.64 bits per heavy atom. The number of carbonyl (C=O) groups excluding carboxylic acids is 1. The number of benzene rings is 1. The quantitative estimate of drug-likeness (QED) is 0.832. The first kappa shape index (κ1) is 11.9. The number of nitrogens with one attached hydrogen (secondary N) is 1. The van der Waals surface area contributed by atoms with Crippen LogP contribution in [0.25, 0.3) is 0 Å². The summed E-state index contributed by atoms with van der Waals surface area (Å²) in [6.45, 7) is 0.0720. The Kier molecular flexibility index (Phi) is 4.83. The molecule has 0 atom stereocenters. The van der Waals surface area contributed by atoms with E-state index in [9.17, 15) is 4.79 Å². The number of anilines is 1. The molecule has 0 aliphatic rings. The van der Waals surface area contributed by atoms with Gasteiger partial charge in [-0.2, -0.15) is 0 Å². The number of ether oxygens (including phenoxy) is 1. The Morgan fingerprint density at radius 2 is 2.36 bits per heavy atom. The Balaban J connectivity index is 2.75. The highest BCUT2D eigenvalue weighted by molar-refractivity contribution is 14.1. The van der Waals surface area contributed by atoms with E-state index in [2.05, 4.69) is 43.8 Å². The molecule has 76 valence electrons. The molecule has 3 nitrogen and oxygen atoms in total. The summed E-state index contributed by atoms with van der Waals surface area (Å²) in [5.74, 6) is -0.150. The van der Waals surface area contributed by atoms with Gasteiger partial charge >= 0.3 is 0 Å². The first-order chi connectivity index (χ1) is 6.63. The van der Waals surface area contributed by atoms with Gasteiger partial charge in [0.25, 0.3) is 0 Å². The van der Waals surface area contributed by atoms with Crippen molar-refractivity contribution in [3.63, 3.8) is 0 Å².